The number of hydrogen-bond donors (Lipinski definition) is 0. The van der Waals surface area contributed by atoms with E-state index in [1.54, 1.807) is 13.2 Å². The van der Waals surface area contributed by atoms with Crippen molar-refractivity contribution in [2.75, 3.05) is 7.11 Å². The Morgan fingerprint density at radius 1 is 1.21 bits per heavy atom. The van der Waals surface area contributed by atoms with E-state index in [4.69, 9.17) is 14.7 Å². The van der Waals surface area contributed by atoms with E-state index in [2.05, 4.69) is 0 Å². The fourth-order valence-corrected chi connectivity index (χ4v) is 1.87. The molecule has 0 fully saturated rings. The lowest BCUT2D eigenvalue weighted by atomic mass is 10.0. The SMILES string of the molecule is COc1ccc2cc(C(C#N)OC(C)=O)ccc2c1. The lowest BCUT2D eigenvalue weighted by Gasteiger charge is -2.11. The van der Waals surface area contributed by atoms with Crippen molar-refractivity contribution in [1.82, 2.24) is 0 Å². The number of esters is 1. The Labute approximate surface area is 111 Å². The highest BCUT2D eigenvalue weighted by atomic mass is 16.5. The number of fused-ring (bicyclic) bond motifs is 1. The third-order valence-electron chi connectivity index (χ3n) is 2.78. The molecule has 0 aliphatic carbocycles. The van der Waals surface area contributed by atoms with Gasteiger partial charge in [-0.25, -0.2) is 0 Å². The molecule has 0 saturated carbocycles. The molecule has 19 heavy (non-hydrogen) atoms. The molecular weight excluding hydrogens is 242 g/mol. The van der Waals surface area contributed by atoms with Crippen molar-refractivity contribution in [3.8, 4) is 11.8 Å². The molecule has 0 aliphatic heterocycles. The van der Waals surface area contributed by atoms with Gasteiger partial charge >= 0.3 is 5.97 Å². The molecular formula is C15H13NO3. The van der Waals surface area contributed by atoms with Crippen molar-refractivity contribution in [3.05, 3.63) is 42.0 Å². The van der Waals surface area contributed by atoms with E-state index in [1.165, 1.54) is 6.92 Å². The molecule has 1 unspecified atom stereocenters. The van der Waals surface area contributed by atoms with Crippen molar-refractivity contribution < 1.29 is 14.3 Å². The van der Waals surface area contributed by atoms with Gasteiger partial charge in [0.1, 0.15) is 11.8 Å². The number of carbonyl (C=O) groups excluding carboxylic acids is 1. The molecule has 0 amide bonds. The van der Waals surface area contributed by atoms with Gasteiger partial charge in [-0.3, -0.25) is 4.79 Å². The molecule has 0 bridgehead atoms. The van der Waals surface area contributed by atoms with Crippen LogP contribution in [-0.2, 0) is 9.53 Å². The fourth-order valence-electron chi connectivity index (χ4n) is 1.87. The molecule has 0 aliphatic rings. The van der Waals surface area contributed by atoms with Crippen molar-refractivity contribution in [2.24, 2.45) is 0 Å². The summed E-state index contributed by atoms with van der Waals surface area (Å²) in [5.41, 5.74) is 0.662. The second-order valence-electron chi connectivity index (χ2n) is 4.09. The van der Waals surface area contributed by atoms with Crippen LogP contribution in [0, 0.1) is 11.3 Å². The molecule has 0 aromatic heterocycles. The predicted octanol–water partition coefficient (Wildman–Crippen LogP) is 2.98. The van der Waals surface area contributed by atoms with Crippen molar-refractivity contribution in [3.63, 3.8) is 0 Å². The van der Waals surface area contributed by atoms with E-state index in [9.17, 15) is 4.79 Å². The maximum atomic E-state index is 10.9. The summed E-state index contributed by atoms with van der Waals surface area (Å²) in [5, 5.41) is 11.0. The molecule has 1 atom stereocenters. The average molecular weight is 255 g/mol. The van der Waals surface area contributed by atoms with Gasteiger partial charge in [0.05, 0.1) is 7.11 Å². The number of nitriles is 1. The van der Waals surface area contributed by atoms with Gasteiger partial charge in [0.2, 0.25) is 6.10 Å². The van der Waals surface area contributed by atoms with E-state index < -0.39 is 12.1 Å². The molecule has 2 aromatic carbocycles. The fraction of sp³-hybridized carbons (Fsp3) is 0.200. The lowest BCUT2D eigenvalue weighted by molar-refractivity contribution is -0.144. The standard InChI is InChI=1S/C15H13NO3/c1-10(17)19-15(9-16)13-4-3-12-8-14(18-2)6-5-11(12)7-13/h3-8,15H,1-2H3. The summed E-state index contributed by atoms with van der Waals surface area (Å²) in [6.45, 7) is 1.29. The number of methoxy groups -OCH3 is 1. The van der Waals surface area contributed by atoms with E-state index in [1.807, 2.05) is 36.4 Å². The number of ether oxygens (including phenoxy) is 2. The Kier molecular flexibility index (Phi) is 3.67. The van der Waals surface area contributed by atoms with Gasteiger partial charge in [-0.15, -0.1) is 0 Å². The van der Waals surface area contributed by atoms with Crippen LogP contribution in [0.1, 0.15) is 18.6 Å². The Morgan fingerprint density at radius 2 is 1.89 bits per heavy atom. The van der Waals surface area contributed by atoms with Crippen LogP contribution in [-0.4, -0.2) is 13.1 Å². The van der Waals surface area contributed by atoms with Crippen LogP contribution >= 0.6 is 0 Å². The zero-order valence-electron chi connectivity index (χ0n) is 10.7. The summed E-state index contributed by atoms with van der Waals surface area (Å²) in [6, 6.07) is 13.1. The maximum Gasteiger partial charge on any atom is 0.304 e. The minimum Gasteiger partial charge on any atom is -0.497 e. The van der Waals surface area contributed by atoms with E-state index in [-0.39, 0.29) is 0 Å². The Morgan fingerprint density at radius 3 is 2.53 bits per heavy atom. The number of benzene rings is 2. The normalized spacial score (nSPS) is 11.6. The summed E-state index contributed by atoms with van der Waals surface area (Å²) < 4.78 is 10.1. The number of rotatable bonds is 3. The molecule has 0 N–H and O–H groups in total. The van der Waals surface area contributed by atoms with E-state index >= 15 is 0 Å². The predicted molar refractivity (Wildman–Crippen MR) is 70.6 cm³/mol. The summed E-state index contributed by atoms with van der Waals surface area (Å²) in [6.07, 6.45) is -0.871. The van der Waals surface area contributed by atoms with E-state index in [0.717, 1.165) is 16.5 Å². The summed E-state index contributed by atoms with van der Waals surface area (Å²) in [7, 11) is 1.61. The first-order valence-electron chi connectivity index (χ1n) is 5.78. The van der Waals surface area contributed by atoms with Crippen LogP contribution in [0.25, 0.3) is 10.8 Å². The summed E-state index contributed by atoms with van der Waals surface area (Å²) >= 11 is 0. The number of hydrogen-bond acceptors (Lipinski definition) is 4. The highest BCUT2D eigenvalue weighted by Crippen LogP contribution is 2.25. The highest BCUT2D eigenvalue weighted by molar-refractivity contribution is 5.84. The second-order valence-corrected chi connectivity index (χ2v) is 4.09. The van der Waals surface area contributed by atoms with Crippen LogP contribution < -0.4 is 4.74 Å². The first-order chi connectivity index (χ1) is 9.13. The van der Waals surface area contributed by atoms with Gasteiger partial charge in [0.15, 0.2) is 0 Å². The highest BCUT2D eigenvalue weighted by Gasteiger charge is 2.14. The van der Waals surface area contributed by atoms with Gasteiger partial charge in [0.25, 0.3) is 0 Å². The quantitative estimate of drug-likeness (QED) is 0.791. The molecule has 96 valence electrons. The van der Waals surface area contributed by atoms with E-state index in [0.29, 0.717) is 5.56 Å². The van der Waals surface area contributed by atoms with Crippen molar-refractivity contribution in [1.29, 1.82) is 5.26 Å². The molecule has 0 radical (unpaired) electrons. The third kappa shape index (κ3) is 2.83. The Bertz CT molecular complexity index is 658. The minimum absolute atomic E-state index is 0.471. The molecule has 4 nitrogen and oxygen atoms in total. The van der Waals surface area contributed by atoms with Crippen LogP contribution in [0.2, 0.25) is 0 Å². The molecule has 2 aromatic rings. The van der Waals surface area contributed by atoms with Gasteiger partial charge < -0.3 is 9.47 Å². The van der Waals surface area contributed by atoms with Gasteiger partial charge in [-0.05, 0) is 29.0 Å². The molecule has 0 heterocycles. The van der Waals surface area contributed by atoms with Crippen LogP contribution in [0.3, 0.4) is 0 Å². The molecule has 0 saturated heterocycles. The van der Waals surface area contributed by atoms with Gasteiger partial charge in [-0.1, -0.05) is 18.2 Å². The van der Waals surface area contributed by atoms with Crippen LogP contribution in [0.4, 0.5) is 0 Å². The Hall–Kier alpha value is -2.54. The topological polar surface area (TPSA) is 59.3 Å². The zero-order chi connectivity index (χ0) is 13.8. The first kappa shape index (κ1) is 12.9. The van der Waals surface area contributed by atoms with Crippen LogP contribution in [0.15, 0.2) is 36.4 Å². The van der Waals surface area contributed by atoms with Gasteiger partial charge in [-0.2, -0.15) is 5.26 Å². The molecule has 2 rings (SSSR count). The third-order valence-corrected chi connectivity index (χ3v) is 2.78. The lowest BCUT2D eigenvalue weighted by Crippen LogP contribution is -2.06. The zero-order valence-corrected chi connectivity index (χ0v) is 10.7. The largest absolute Gasteiger partial charge is 0.497 e. The summed E-state index contributed by atoms with van der Waals surface area (Å²) in [5.74, 6) is 0.304. The summed E-state index contributed by atoms with van der Waals surface area (Å²) in [4.78, 5) is 10.9. The minimum atomic E-state index is -0.871. The second kappa shape index (κ2) is 5.40. The monoisotopic (exact) mass is 255 g/mol. The molecule has 4 heteroatoms. The number of carbonyl (C=O) groups is 1. The first-order valence-corrected chi connectivity index (χ1v) is 5.78. The smallest absolute Gasteiger partial charge is 0.304 e. The van der Waals surface area contributed by atoms with Crippen molar-refractivity contribution in [2.45, 2.75) is 13.0 Å². The van der Waals surface area contributed by atoms with Crippen LogP contribution in [0.5, 0.6) is 5.75 Å². The average Bonchev–Trinajstić information content (AvgIpc) is 2.43. The Balaban J connectivity index is 2.41. The number of nitrogens with zero attached hydrogens (tertiary/aromatic N) is 1. The molecule has 0 spiro atoms. The maximum absolute atomic E-state index is 10.9. The van der Waals surface area contributed by atoms with Crippen molar-refractivity contribution >= 4 is 16.7 Å². The van der Waals surface area contributed by atoms with Gasteiger partial charge in [0, 0.05) is 12.5 Å².